The Labute approximate surface area is 374 Å². The number of alkyl halides is 6. The van der Waals surface area contributed by atoms with Crippen molar-refractivity contribution >= 4 is 85.8 Å². The van der Waals surface area contributed by atoms with Crippen LogP contribution in [0.1, 0.15) is 80.6 Å². The summed E-state index contributed by atoms with van der Waals surface area (Å²) in [5, 5.41) is 3.50. The van der Waals surface area contributed by atoms with E-state index in [2.05, 4.69) is 34.9 Å². The smallest absolute Gasteiger partial charge is 0.434 e. The summed E-state index contributed by atoms with van der Waals surface area (Å²) in [4.78, 5) is 37.9. The highest BCUT2D eigenvalue weighted by Crippen LogP contribution is 2.41. The van der Waals surface area contributed by atoms with Gasteiger partial charge in [-0.1, -0.05) is 66.8 Å². The molecule has 0 radical (unpaired) electrons. The van der Waals surface area contributed by atoms with Gasteiger partial charge in [0.15, 0.2) is 10.5 Å². The van der Waals surface area contributed by atoms with E-state index in [0.29, 0.717) is 17.0 Å². The van der Waals surface area contributed by atoms with E-state index >= 15 is 0 Å². The summed E-state index contributed by atoms with van der Waals surface area (Å²) in [6, 6.07) is 11.6. The number of esters is 1. The number of hydrogen-bond donors (Lipinski definition) is 0. The zero-order chi connectivity index (χ0) is 45.3. The van der Waals surface area contributed by atoms with Gasteiger partial charge in [0.05, 0.1) is 39.7 Å². The van der Waals surface area contributed by atoms with Gasteiger partial charge in [0.2, 0.25) is 5.91 Å². The summed E-state index contributed by atoms with van der Waals surface area (Å²) >= 11 is 25.6. The maximum absolute atomic E-state index is 14.3. The Morgan fingerprint density at radius 1 is 1.08 bits per heavy atom. The first-order valence-corrected chi connectivity index (χ1v) is 20.9. The number of anilines is 1. The van der Waals surface area contributed by atoms with Crippen molar-refractivity contribution in [1.82, 2.24) is 14.7 Å². The lowest BCUT2D eigenvalue weighted by Gasteiger charge is -2.29. The van der Waals surface area contributed by atoms with Gasteiger partial charge in [0, 0.05) is 19.7 Å². The minimum Gasteiger partial charge on any atom is -0.467 e. The van der Waals surface area contributed by atoms with Crippen molar-refractivity contribution in [2.45, 2.75) is 83.3 Å². The molecule has 0 N–H and O–H groups in total. The first-order valence-electron chi connectivity index (χ1n) is 18.3. The zero-order valence-corrected chi connectivity index (χ0v) is 38.5. The van der Waals surface area contributed by atoms with Crippen LogP contribution in [0.4, 0.5) is 23.2 Å². The Kier molecular flexibility index (Phi) is 18.8. The predicted octanol–water partition coefficient (Wildman–Crippen LogP) is 10.9. The van der Waals surface area contributed by atoms with E-state index < -0.39 is 44.8 Å². The van der Waals surface area contributed by atoms with Crippen molar-refractivity contribution in [1.29, 1.82) is 0 Å². The molecule has 0 spiro atoms. The third-order valence-corrected chi connectivity index (χ3v) is 10.4. The monoisotopic (exact) mass is 988 g/mol. The highest BCUT2D eigenvalue weighted by molar-refractivity contribution is 9.10. The number of methoxy groups -OCH3 is 1. The largest absolute Gasteiger partial charge is 0.467 e. The standard InChI is InChI=1S/C15H12BrClF4N2O2.C14H20ClNO2.C11H13Cl2NO3/c1-6(2)25-14(24)7-4-8(10(18)5-9(7)17)12-11(16)13(15(19,20)21)23(3)22-12;1-4-11-7-6-8-12(5-2)14(11)16(10-18-3)13(17)9-15;1-11(2)14(10(15)9(12)13)6-8(17-11)7-4-3-5-16-7/h4-6H,1-3H3;6-8H,4-5,9-10H2,1-3H3;3-5,8-9H,6H2,1-2H3. The second-order valence-corrected chi connectivity index (χ2v) is 16.3. The molecular weight excluding hydrogens is 946 g/mol. The van der Waals surface area contributed by atoms with Gasteiger partial charge in [-0.25, -0.2) is 9.18 Å². The fourth-order valence-electron chi connectivity index (χ4n) is 6.10. The minimum atomic E-state index is -4.69. The number of carbonyl (C=O) groups excluding carboxylic acids is 3. The number of hydrogen-bond acceptors (Lipinski definition) is 8. The normalized spacial score (nSPS) is 14.7. The molecule has 0 aliphatic carbocycles. The molecule has 0 bridgehead atoms. The maximum Gasteiger partial charge on any atom is 0.434 e. The minimum absolute atomic E-state index is 0.0371. The van der Waals surface area contributed by atoms with Crippen LogP contribution >= 0.6 is 62.3 Å². The fraction of sp³-hybridized carbons (Fsp3) is 0.450. The number of benzene rings is 2. The van der Waals surface area contributed by atoms with E-state index in [-0.39, 0.29) is 52.4 Å². The molecule has 3 heterocycles. The molecular formula is C40H45BrCl4F4N4O7. The number of nitrogens with zero attached hydrogens (tertiary/aromatic N) is 4. The van der Waals surface area contributed by atoms with Crippen molar-refractivity contribution in [2.24, 2.45) is 7.05 Å². The van der Waals surface area contributed by atoms with Crippen LogP contribution < -0.4 is 4.90 Å². The molecule has 60 heavy (non-hydrogen) atoms. The van der Waals surface area contributed by atoms with Crippen LogP contribution in [0.3, 0.4) is 0 Å². The van der Waals surface area contributed by atoms with Gasteiger partial charge in [0.25, 0.3) is 5.91 Å². The van der Waals surface area contributed by atoms with E-state index in [9.17, 15) is 31.9 Å². The summed E-state index contributed by atoms with van der Waals surface area (Å²) < 4.78 is 74.8. The van der Waals surface area contributed by atoms with Crippen molar-refractivity contribution in [3.63, 3.8) is 0 Å². The SMILES string of the molecule is CC(C)OC(=O)c1cc(-c2nn(C)c(C(F)(F)F)c2Br)c(F)cc1Cl.CC1(C)OC(c2ccco2)CN1C(=O)C(Cl)Cl.CCc1cccc(CC)c1N(COC)C(=O)CCl. The van der Waals surface area contributed by atoms with Crippen molar-refractivity contribution in [3.8, 4) is 11.3 Å². The summed E-state index contributed by atoms with van der Waals surface area (Å²) in [5.41, 5.74) is 0.641. The molecule has 0 saturated carbocycles. The molecule has 5 rings (SSSR count). The van der Waals surface area contributed by atoms with E-state index in [1.54, 1.807) is 52.0 Å². The number of para-hydroxylation sites is 1. The number of carbonyl (C=O) groups is 3. The van der Waals surface area contributed by atoms with Crippen molar-refractivity contribution in [2.75, 3.05) is 31.2 Å². The van der Waals surface area contributed by atoms with Crippen LogP contribution in [0.25, 0.3) is 11.3 Å². The highest BCUT2D eigenvalue weighted by Gasteiger charge is 2.45. The second kappa shape index (κ2) is 22.1. The molecule has 1 aliphatic heterocycles. The molecule has 1 saturated heterocycles. The Hall–Kier alpha value is -3.38. The number of rotatable bonds is 11. The molecule has 2 aromatic carbocycles. The molecule has 20 heteroatoms. The first kappa shape index (κ1) is 51.0. The Balaban J connectivity index is 0.000000246. The third-order valence-electron chi connectivity index (χ3n) is 8.78. The highest BCUT2D eigenvalue weighted by atomic mass is 79.9. The lowest BCUT2D eigenvalue weighted by Crippen LogP contribution is -2.45. The Morgan fingerprint density at radius 3 is 2.17 bits per heavy atom. The molecule has 1 fully saturated rings. The van der Waals surface area contributed by atoms with Gasteiger partial charge in [-0.3, -0.25) is 19.2 Å². The third kappa shape index (κ3) is 12.6. The van der Waals surface area contributed by atoms with Gasteiger partial charge in [-0.05, 0) is 91.9 Å². The van der Waals surface area contributed by atoms with Gasteiger partial charge >= 0.3 is 12.1 Å². The van der Waals surface area contributed by atoms with Crippen LogP contribution in [0.15, 0.2) is 57.6 Å². The fourth-order valence-corrected chi connectivity index (χ4v) is 7.48. The Bertz CT molecular complexity index is 2080. The zero-order valence-electron chi connectivity index (χ0n) is 33.9. The number of halogens is 9. The quantitative estimate of drug-likeness (QED) is 0.0631. The molecule has 11 nitrogen and oxygen atoms in total. The summed E-state index contributed by atoms with van der Waals surface area (Å²) in [6.07, 6.45) is -2.10. The second-order valence-electron chi connectivity index (χ2n) is 13.7. The number of aromatic nitrogens is 2. The average Bonchev–Trinajstić information content (AvgIpc) is 3.90. The molecule has 1 unspecified atom stereocenters. The van der Waals surface area contributed by atoms with Crippen LogP contribution in [0, 0.1) is 5.82 Å². The molecule has 1 aliphatic rings. The van der Waals surface area contributed by atoms with Crippen molar-refractivity contribution in [3.05, 3.63) is 92.2 Å². The van der Waals surface area contributed by atoms with Gasteiger partial charge in [0.1, 0.15) is 41.7 Å². The summed E-state index contributed by atoms with van der Waals surface area (Å²) in [5.74, 6) is -1.57. The van der Waals surface area contributed by atoms with Gasteiger partial charge in [-0.2, -0.15) is 18.3 Å². The lowest BCUT2D eigenvalue weighted by molar-refractivity contribution is -0.145. The predicted molar refractivity (Wildman–Crippen MR) is 226 cm³/mol. The van der Waals surface area contributed by atoms with Crippen LogP contribution in [-0.2, 0) is 49.9 Å². The summed E-state index contributed by atoms with van der Waals surface area (Å²) in [6.45, 7) is 11.6. The maximum atomic E-state index is 14.3. The number of furan rings is 1. The van der Waals surface area contributed by atoms with Gasteiger partial charge < -0.3 is 23.5 Å². The average molecular weight is 992 g/mol. The van der Waals surface area contributed by atoms with Crippen molar-refractivity contribution < 1.29 is 50.6 Å². The van der Waals surface area contributed by atoms with Crippen LogP contribution in [0.5, 0.6) is 0 Å². The van der Waals surface area contributed by atoms with Crippen LogP contribution in [-0.4, -0.2) is 75.4 Å². The number of ether oxygens (including phenoxy) is 3. The molecule has 4 aromatic rings. The van der Waals surface area contributed by atoms with Gasteiger partial charge in [-0.15, -0.1) is 11.6 Å². The van der Waals surface area contributed by atoms with E-state index in [1.165, 1.54) is 4.90 Å². The van der Waals surface area contributed by atoms with E-state index in [4.69, 9.17) is 65.0 Å². The first-order chi connectivity index (χ1) is 28.0. The number of aryl methyl sites for hydroxylation is 3. The summed E-state index contributed by atoms with van der Waals surface area (Å²) in [7, 11) is 2.66. The molecule has 2 aromatic heterocycles. The van der Waals surface area contributed by atoms with E-state index in [1.807, 2.05) is 24.3 Å². The topological polar surface area (TPSA) is 116 Å². The van der Waals surface area contributed by atoms with E-state index in [0.717, 1.165) is 48.8 Å². The Morgan fingerprint density at radius 2 is 1.70 bits per heavy atom. The lowest BCUT2D eigenvalue weighted by atomic mass is 10.0. The van der Waals surface area contributed by atoms with Crippen LogP contribution in [0.2, 0.25) is 5.02 Å². The number of amides is 2. The molecule has 1 atom stereocenters. The molecule has 2 amide bonds. The molecule has 330 valence electrons.